The number of halogens is 2. The van der Waals surface area contributed by atoms with Gasteiger partial charge in [0, 0.05) is 13.1 Å². The lowest BCUT2D eigenvalue weighted by molar-refractivity contribution is -0.125. The van der Waals surface area contributed by atoms with Gasteiger partial charge in [0.25, 0.3) is 5.91 Å². The van der Waals surface area contributed by atoms with Crippen LogP contribution in [0.4, 0.5) is 9.18 Å². The van der Waals surface area contributed by atoms with E-state index in [0.29, 0.717) is 25.9 Å². The van der Waals surface area contributed by atoms with E-state index in [-0.39, 0.29) is 22.3 Å². The first-order valence-corrected chi connectivity index (χ1v) is 8.83. The molecule has 2 heterocycles. The van der Waals surface area contributed by atoms with Crippen molar-refractivity contribution in [3.05, 3.63) is 34.6 Å². The Labute approximate surface area is 156 Å². The van der Waals surface area contributed by atoms with Gasteiger partial charge in [-0.1, -0.05) is 17.7 Å². The minimum absolute atomic E-state index is 0.0276. The minimum atomic E-state index is -0.984. The average molecular weight is 382 g/mol. The van der Waals surface area contributed by atoms with Crippen LogP contribution in [0.5, 0.6) is 0 Å². The monoisotopic (exact) mass is 381 g/mol. The quantitative estimate of drug-likeness (QED) is 0.812. The maximum absolute atomic E-state index is 14.2. The van der Waals surface area contributed by atoms with Gasteiger partial charge in [0.05, 0.1) is 10.6 Å². The number of likely N-dealkylation sites (tertiary alicyclic amines) is 1. The first kappa shape index (κ1) is 18.6. The standard InChI is InChI=1S/C18H21ClFN3O3/c1-17(2,3)26-16(25)23-9-7-18(8-10-23)15(24)21-14(22-18)11-5-4-6-12(19)13(11)20/h4-6H,7-10H2,1-3H3,(H,21,22,24). The Balaban J connectivity index is 1.76. The van der Waals surface area contributed by atoms with Crippen LogP contribution >= 0.6 is 11.6 Å². The zero-order valence-electron chi connectivity index (χ0n) is 14.9. The molecule has 1 aromatic rings. The lowest BCUT2D eigenvalue weighted by Gasteiger charge is -2.36. The van der Waals surface area contributed by atoms with Crippen molar-refractivity contribution in [3.8, 4) is 0 Å². The molecule has 6 nitrogen and oxygen atoms in total. The van der Waals surface area contributed by atoms with E-state index in [1.54, 1.807) is 31.7 Å². The third-order valence-electron chi connectivity index (χ3n) is 4.43. The molecular weight excluding hydrogens is 361 g/mol. The highest BCUT2D eigenvalue weighted by Gasteiger charge is 2.47. The molecule has 0 atom stereocenters. The van der Waals surface area contributed by atoms with E-state index >= 15 is 0 Å². The average Bonchev–Trinajstić information content (AvgIpc) is 2.85. The van der Waals surface area contributed by atoms with E-state index in [0.717, 1.165) is 0 Å². The Morgan fingerprint density at radius 1 is 1.35 bits per heavy atom. The topological polar surface area (TPSA) is 71.0 Å². The summed E-state index contributed by atoms with van der Waals surface area (Å²) in [4.78, 5) is 30.7. The highest BCUT2D eigenvalue weighted by atomic mass is 35.5. The Morgan fingerprint density at radius 3 is 2.62 bits per heavy atom. The smallest absolute Gasteiger partial charge is 0.410 e. The summed E-state index contributed by atoms with van der Waals surface area (Å²) in [6.45, 7) is 6.10. The predicted molar refractivity (Wildman–Crippen MR) is 95.9 cm³/mol. The number of carbonyl (C=O) groups is 2. The molecule has 140 valence electrons. The van der Waals surface area contributed by atoms with Crippen LogP contribution in [-0.2, 0) is 9.53 Å². The number of ether oxygens (including phenoxy) is 1. The molecule has 0 saturated carbocycles. The molecule has 0 bridgehead atoms. The van der Waals surface area contributed by atoms with E-state index < -0.39 is 23.1 Å². The number of rotatable bonds is 1. The molecule has 0 unspecified atom stereocenters. The predicted octanol–water partition coefficient (Wildman–Crippen LogP) is 3.13. The number of hydrogen-bond donors (Lipinski definition) is 1. The summed E-state index contributed by atoms with van der Waals surface area (Å²) in [6.07, 6.45) is 0.295. The number of aliphatic imine (C=N–C) groups is 1. The van der Waals surface area contributed by atoms with E-state index in [4.69, 9.17) is 16.3 Å². The van der Waals surface area contributed by atoms with Crippen LogP contribution in [0.3, 0.4) is 0 Å². The van der Waals surface area contributed by atoms with E-state index in [2.05, 4.69) is 10.3 Å². The Bertz CT molecular complexity index is 780. The number of amides is 2. The van der Waals surface area contributed by atoms with Gasteiger partial charge in [0.15, 0.2) is 5.82 Å². The number of nitrogens with one attached hydrogen (secondary N) is 1. The zero-order chi connectivity index (χ0) is 19.1. The molecule has 2 aliphatic rings. The van der Waals surface area contributed by atoms with Gasteiger partial charge < -0.3 is 15.0 Å². The third kappa shape index (κ3) is 3.53. The Hall–Kier alpha value is -2.15. The van der Waals surface area contributed by atoms with Gasteiger partial charge >= 0.3 is 6.09 Å². The van der Waals surface area contributed by atoms with Crippen molar-refractivity contribution in [1.82, 2.24) is 10.2 Å². The molecule has 0 aliphatic carbocycles. The Morgan fingerprint density at radius 2 is 2.00 bits per heavy atom. The van der Waals surface area contributed by atoms with Crippen LogP contribution in [0.15, 0.2) is 23.2 Å². The van der Waals surface area contributed by atoms with Gasteiger partial charge in [0.2, 0.25) is 0 Å². The SMILES string of the molecule is CC(C)(C)OC(=O)N1CCC2(CC1)N=C(c1cccc(Cl)c1F)NC2=O. The largest absolute Gasteiger partial charge is 0.444 e. The highest BCUT2D eigenvalue weighted by Crippen LogP contribution is 2.32. The molecule has 0 radical (unpaired) electrons. The minimum Gasteiger partial charge on any atom is -0.444 e. The molecule has 1 N–H and O–H groups in total. The van der Waals surface area contributed by atoms with Crippen LogP contribution in [0, 0.1) is 5.82 Å². The molecule has 8 heteroatoms. The van der Waals surface area contributed by atoms with E-state index in [1.165, 1.54) is 12.1 Å². The summed E-state index contributed by atoms with van der Waals surface area (Å²) in [7, 11) is 0. The van der Waals surface area contributed by atoms with Crippen molar-refractivity contribution in [2.45, 2.75) is 44.8 Å². The summed E-state index contributed by atoms with van der Waals surface area (Å²) >= 11 is 5.81. The second kappa shape index (κ2) is 6.54. The van der Waals surface area contributed by atoms with Crippen molar-refractivity contribution >= 4 is 29.4 Å². The number of hydrogen-bond acceptors (Lipinski definition) is 4. The van der Waals surface area contributed by atoms with Crippen LogP contribution in [0.25, 0.3) is 0 Å². The van der Waals surface area contributed by atoms with Crippen LogP contribution < -0.4 is 5.32 Å². The second-order valence-corrected chi connectivity index (χ2v) is 7.92. The van der Waals surface area contributed by atoms with Gasteiger partial charge in [0.1, 0.15) is 17.0 Å². The second-order valence-electron chi connectivity index (χ2n) is 7.51. The summed E-state index contributed by atoms with van der Waals surface area (Å²) < 4.78 is 19.6. The van der Waals surface area contributed by atoms with Crippen molar-refractivity contribution < 1.29 is 18.7 Å². The van der Waals surface area contributed by atoms with Gasteiger partial charge in [-0.2, -0.15) is 0 Å². The number of carbonyl (C=O) groups excluding carboxylic acids is 2. The van der Waals surface area contributed by atoms with Crippen molar-refractivity contribution in [2.75, 3.05) is 13.1 Å². The third-order valence-corrected chi connectivity index (χ3v) is 4.72. The van der Waals surface area contributed by atoms with Crippen molar-refractivity contribution in [2.24, 2.45) is 4.99 Å². The highest BCUT2D eigenvalue weighted by molar-refractivity contribution is 6.31. The normalized spacial score (nSPS) is 19.3. The maximum Gasteiger partial charge on any atom is 0.410 e. The van der Waals surface area contributed by atoms with Crippen molar-refractivity contribution in [3.63, 3.8) is 0 Å². The molecular formula is C18H21ClFN3O3. The van der Waals surface area contributed by atoms with Gasteiger partial charge in [-0.25, -0.2) is 9.18 Å². The molecule has 1 fully saturated rings. The van der Waals surface area contributed by atoms with Crippen molar-refractivity contribution in [1.29, 1.82) is 0 Å². The molecule has 2 amide bonds. The fourth-order valence-electron chi connectivity index (χ4n) is 3.06. The van der Waals surface area contributed by atoms with E-state index in [1.807, 2.05) is 0 Å². The lowest BCUT2D eigenvalue weighted by Crippen LogP contribution is -2.51. The molecule has 0 aromatic heterocycles. The summed E-state index contributed by atoms with van der Waals surface area (Å²) in [6, 6.07) is 4.56. The van der Waals surface area contributed by atoms with Gasteiger partial charge in [-0.05, 0) is 45.7 Å². The number of nitrogens with zero attached hydrogens (tertiary/aromatic N) is 2. The molecule has 1 spiro atoms. The molecule has 26 heavy (non-hydrogen) atoms. The first-order valence-electron chi connectivity index (χ1n) is 8.45. The number of amidine groups is 1. The molecule has 2 aliphatic heterocycles. The van der Waals surface area contributed by atoms with Gasteiger partial charge in [-0.3, -0.25) is 9.79 Å². The lowest BCUT2D eigenvalue weighted by atomic mass is 9.88. The zero-order valence-corrected chi connectivity index (χ0v) is 15.7. The Kier molecular flexibility index (Phi) is 4.69. The summed E-state index contributed by atoms with van der Waals surface area (Å²) in [5.74, 6) is -0.715. The number of benzene rings is 1. The fraction of sp³-hybridized carbons (Fsp3) is 0.500. The summed E-state index contributed by atoms with van der Waals surface area (Å²) in [5.41, 5.74) is -1.40. The molecule has 1 aromatic carbocycles. The molecule has 1 saturated heterocycles. The van der Waals surface area contributed by atoms with Crippen LogP contribution in [0.2, 0.25) is 5.02 Å². The van der Waals surface area contributed by atoms with Crippen LogP contribution in [-0.4, -0.2) is 47.0 Å². The van der Waals surface area contributed by atoms with E-state index in [9.17, 15) is 14.0 Å². The maximum atomic E-state index is 14.2. The fourth-order valence-corrected chi connectivity index (χ4v) is 3.23. The van der Waals surface area contributed by atoms with Gasteiger partial charge in [-0.15, -0.1) is 0 Å². The molecule has 3 rings (SSSR count). The van der Waals surface area contributed by atoms with Crippen LogP contribution in [0.1, 0.15) is 39.2 Å². The number of piperidine rings is 1. The first-order chi connectivity index (χ1) is 12.1. The summed E-state index contributed by atoms with van der Waals surface area (Å²) in [5, 5.41) is 2.63.